The van der Waals surface area contributed by atoms with Gasteiger partial charge in [-0.3, -0.25) is 9.78 Å². The smallest absolute Gasteiger partial charge is 0.306 e. The molecule has 3 heteroatoms. The Morgan fingerprint density at radius 3 is 2.73 bits per heavy atom. The van der Waals surface area contributed by atoms with Gasteiger partial charge in [-0.05, 0) is 24.0 Å². The minimum absolute atomic E-state index is 0.00569. The van der Waals surface area contributed by atoms with Crippen LogP contribution >= 0.6 is 0 Å². The van der Waals surface area contributed by atoms with Crippen molar-refractivity contribution in [3.05, 3.63) is 29.6 Å². The summed E-state index contributed by atoms with van der Waals surface area (Å²) in [6.07, 6.45) is 2.59. The van der Waals surface area contributed by atoms with Crippen molar-refractivity contribution in [2.45, 2.75) is 33.1 Å². The average Bonchev–Trinajstić information content (AvgIpc) is 2.26. The summed E-state index contributed by atoms with van der Waals surface area (Å²) < 4.78 is 0. The number of rotatable bonds is 4. The van der Waals surface area contributed by atoms with E-state index in [1.165, 1.54) is 0 Å². The molecular weight excluding hydrogens is 190 g/mol. The second-order valence-electron chi connectivity index (χ2n) is 3.81. The van der Waals surface area contributed by atoms with E-state index < -0.39 is 5.97 Å². The third kappa shape index (κ3) is 2.55. The van der Waals surface area contributed by atoms with Crippen LogP contribution in [0.1, 0.15) is 37.9 Å². The molecule has 0 aliphatic heterocycles. The van der Waals surface area contributed by atoms with Gasteiger partial charge in [0.25, 0.3) is 0 Å². The highest BCUT2D eigenvalue weighted by Gasteiger charge is 2.22. The molecule has 0 unspecified atom stereocenters. The first-order valence-corrected chi connectivity index (χ1v) is 5.24. The Bertz CT molecular complexity index is 349. The molecule has 0 bridgehead atoms. The van der Waals surface area contributed by atoms with Crippen LogP contribution in [-0.4, -0.2) is 16.1 Å². The first kappa shape index (κ1) is 11.7. The SMILES string of the molecule is CCc1ncccc1[C@H](C)[C@H](C)C(=O)O. The Labute approximate surface area is 90.2 Å². The lowest BCUT2D eigenvalue weighted by Crippen LogP contribution is -2.18. The van der Waals surface area contributed by atoms with Crippen LogP contribution in [0.15, 0.2) is 18.3 Å². The zero-order valence-electron chi connectivity index (χ0n) is 9.40. The molecule has 15 heavy (non-hydrogen) atoms. The van der Waals surface area contributed by atoms with E-state index in [1.54, 1.807) is 13.1 Å². The summed E-state index contributed by atoms with van der Waals surface area (Å²) in [4.78, 5) is 15.2. The molecular formula is C12H17NO2. The highest BCUT2D eigenvalue weighted by molar-refractivity contribution is 5.70. The van der Waals surface area contributed by atoms with Crippen LogP contribution in [0.2, 0.25) is 0 Å². The van der Waals surface area contributed by atoms with Gasteiger partial charge < -0.3 is 5.11 Å². The van der Waals surface area contributed by atoms with Gasteiger partial charge in [0.1, 0.15) is 0 Å². The van der Waals surface area contributed by atoms with Crippen LogP contribution in [0.4, 0.5) is 0 Å². The molecule has 0 aliphatic carbocycles. The first-order valence-electron chi connectivity index (χ1n) is 5.24. The van der Waals surface area contributed by atoms with Gasteiger partial charge in [0.05, 0.1) is 5.92 Å². The zero-order valence-corrected chi connectivity index (χ0v) is 9.40. The molecule has 0 amide bonds. The number of hydrogen-bond donors (Lipinski definition) is 1. The number of nitrogens with zero attached hydrogens (tertiary/aromatic N) is 1. The second kappa shape index (κ2) is 4.91. The number of carboxylic acids is 1. The zero-order chi connectivity index (χ0) is 11.4. The minimum Gasteiger partial charge on any atom is -0.481 e. The van der Waals surface area contributed by atoms with E-state index in [-0.39, 0.29) is 11.8 Å². The summed E-state index contributed by atoms with van der Waals surface area (Å²) in [5, 5.41) is 8.96. The van der Waals surface area contributed by atoms with Gasteiger partial charge >= 0.3 is 5.97 Å². The van der Waals surface area contributed by atoms with Crippen molar-refractivity contribution in [2.75, 3.05) is 0 Å². The molecule has 0 aliphatic rings. The predicted molar refractivity (Wildman–Crippen MR) is 58.8 cm³/mol. The fraction of sp³-hybridized carbons (Fsp3) is 0.500. The maximum absolute atomic E-state index is 10.9. The summed E-state index contributed by atoms with van der Waals surface area (Å²) in [6.45, 7) is 5.71. The number of hydrogen-bond acceptors (Lipinski definition) is 2. The molecule has 1 aromatic rings. The fourth-order valence-electron chi connectivity index (χ4n) is 1.64. The first-order chi connectivity index (χ1) is 7.07. The molecule has 0 saturated heterocycles. The number of carboxylic acid groups (broad SMARTS) is 1. The van der Waals surface area contributed by atoms with Crippen LogP contribution in [0.3, 0.4) is 0 Å². The van der Waals surface area contributed by atoms with Gasteiger partial charge in [0.2, 0.25) is 0 Å². The minimum atomic E-state index is -0.756. The van der Waals surface area contributed by atoms with E-state index in [0.29, 0.717) is 0 Å². The van der Waals surface area contributed by atoms with Gasteiger partial charge in [-0.25, -0.2) is 0 Å². The van der Waals surface area contributed by atoms with Gasteiger partial charge in [0, 0.05) is 11.9 Å². The molecule has 1 N–H and O–H groups in total. The van der Waals surface area contributed by atoms with Crippen LogP contribution in [0, 0.1) is 5.92 Å². The van der Waals surface area contributed by atoms with Crippen molar-refractivity contribution in [3.63, 3.8) is 0 Å². The molecule has 0 saturated carbocycles. The van der Waals surface area contributed by atoms with E-state index in [2.05, 4.69) is 4.98 Å². The van der Waals surface area contributed by atoms with Gasteiger partial charge in [0.15, 0.2) is 0 Å². The van der Waals surface area contributed by atoms with Crippen molar-refractivity contribution in [2.24, 2.45) is 5.92 Å². The number of aliphatic carboxylic acids is 1. The van der Waals surface area contributed by atoms with E-state index >= 15 is 0 Å². The van der Waals surface area contributed by atoms with Crippen LogP contribution in [-0.2, 0) is 11.2 Å². The predicted octanol–water partition coefficient (Wildman–Crippen LogP) is 2.47. The molecule has 3 nitrogen and oxygen atoms in total. The van der Waals surface area contributed by atoms with E-state index in [9.17, 15) is 4.79 Å². The molecule has 0 aromatic carbocycles. The summed E-state index contributed by atoms with van der Waals surface area (Å²) >= 11 is 0. The van der Waals surface area contributed by atoms with Gasteiger partial charge in [-0.2, -0.15) is 0 Å². The molecule has 0 spiro atoms. The highest BCUT2D eigenvalue weighted by atomic mass is 16.4. The maximum atomic E-state index is 10.9. The normalized spacial score (nSPS) is 14.6. The fourth-order valence-corrected chi connectivity index (χ4v) is 1.64. The lowest BCUT2D eigenvalue weighted by Gasteiger charge is -2.18. The third-order valence-electron chi connectivity index (χ3n) is 2.89. The number of aryl methyl sites for hydroxylation is 1. The quantitative estimate of drug-likeness (QED) is 0.825. The van der Waals surface area contributed by atoms with Crippen molar-refractivity contribution in [1.29, 1.82) is 0 Å². The largest absolute Gasteiger partial charge is 0.481 e. The topological polar surface area (TPSA) is 50.2 Å². The number of pyridine rings is 1. The Kier molecular flexibility index (Phi) is 3.83. The van der Waals surface area contributed by atoms with Crippen molar-refractivity contribution < 1.29 is 9.90 Å². The van der Waals surface area contributed by atoms with E-state index in [1.807, 2.05) is 26.0 Å². The van der Waals surface area contributed by atoms with Crippen molar-refractivity contribution in [3.8, 4) is 0 Å². The highest BCUT2D eigenvalue weighted by Crippen LogP contribution is 2.26. The standard InChI is InChI=1S/C12H17NO2/c1-4-11-10(6-5-7-13-11)8(2)9(3)12(14)15/h5-9H,4H2,1-3H3,(H,14,15)/t8-,9+/m1/s1. The molecule has 1 rings (SSSR count). The summed E-state index contributed by atoms with van der Waals surface area (Å²) in [5.41, 5.74) is 2.05. The van der Waals surface area contributed by atoms with Gasteiger partial charge in [-0.1, -0.05) is 26.8 Å². The maximum Gasteiger partial charge on any atom is 0.306 e. The Morgan fingerprint density at radius 2 is 2.20 bits per heavy atom. The summed E-state index contributed by atoms with van der Waals surface area (Å²) in [6, 6.07) is 3.83. The van der Waals surface area contributed by atoms with Crippen LogP contribution in [0.25, 0.3) is 0 Å². The van der Waals surface area contributed by atoms with Crippen molar-refractivity contribution in [1.82, 2.24) is 4.98 Å². The van der Waals surface area contributed by atoms with Crippen molar-refractivity contribution >= 4 is 5.97 Å². The monoisotopic (exact) mass is 207 g/mol. The molecule has 82 valence electrons. The molecule has 0 radical (unpaired) electrons. The summed E-state index contributed by atoms with van der Waals surface area (Å²) in [7, 11) is 0. The Hall–Kier alpha value is -1.38. The van der Waals surface area contributed by atoms with E-state index in [4.69, 9.17) is 5.11 Å². The molecule has 1 aromatic heterocycles. The number of carbonyl (C=O) groups is 1. The molecule has 1 heterocycles. The lowest BCUT2D eigenvalue weighted by molar-refractivity contribution is -0.141. The van der Waals surface area contributed by atoms with Gasteiger partial charge in [-0.15, -0.1) is 0 Å². The average molecular weight is 207 g/mol. The number of aromatic nitrogens is 1. The third-order valence-corrected chi connectivity index (χ3v) is 2.89. The molecule has 2 atom stereocenters. The van der Waals surface area contributed by atoms with E-state index in [0.717, 1.165) is 17.7 Å². The van der Waals surface area contributed by atoms with Crippen LogP contribution < -0.4 is 0 Å². The Morgan fingerprint density at radius 1 is 1.53 bits per heavy atom. The lowest BCUT2D eigenvalue weighted by atomic mass is 9.87. The summed E-state index contributed by atoms with van der Waals surface area (Å²) in [5.74, 6) is -1.13. The Balaban J connectivity index is 2.99. The second-order valence-corrected chi connectivity index (χ2v) is 3.81. The molecule has 0 fully saturated rings. The van der Waals surface area contributed by atoms with Crippen LogP contribution in [0.5, 0.6) is 0 Å².